The molecule has 1 aromatic carbocycles. The number of nitrogens with one attached hydrogen (secondary N) is 2. The van der Waals surface area contributed by atoms with E-state index in [-0.39, 0.29) is 23.7 Å². The van der Waals surface area contributed by atoms with Gasteiger partial charge in [-0.2, -0.15) is 0 Å². The summed E-state index contributed by atoms with van der Waals surface area (Å²) in [5.74, 6) is -1.57. The second kappa shape index (κ2) is 12.3. The number of hydrogen-bond donors (Lipinski definition) is 3. The van der Waals surface area contributed by atoms with Crippen LogP contribution in [-0.4, -0.2) is 75.0 Å². The Morgan fingerprint density at radius 3 is 2.53 bits per heavy atom. The Hall–Kier alpha value is -4.62. The number of carbonyl (C=O) groups excluding carboxylic acids is 2. The Morgan fingerprint density at radius 1 is 1.02 bits per heavy atom. The van der Waals surface area contributed by atoms with Crippen LogP contribution in [0.15, 0.2) is 54.9 Å². The van der Waals surface area contributed by atoms with Crippen LogP contribution in [0.25, 0.3) is 20.8 Å². The van der Waals surface area contributed by atoms with E-state index in [0.717, 1.165) is 33.7 Å². The molecule has 1 saturated heterocycles. The standard InChI is InChI=1S/C30H29FN6O5S/c31-21-13-20(35-30(41)34-19-2-3-19)4-6-24(21)42-25-7-8-32-23-14-26(43-29(23)25)22-5-1-18(16-33-22)17-36-9-11-37(12-10-36)27(38)15-28(39)40/h1,4-8,13-14,16,19H,2-3,9-12,15,17H2,(H,39,40)(H2,34,35,41). The number of aliphatic carboxylic acids is 1. The van der Waals surface area contributed by atoms with Crippen molar-refractivity contribution in [2.75, 3.05) is 31.5 Å². The molecule has 0 bridgehead atoms. The number of carboxylic acid groups (broad SMARTS) is 1. The molecule has 2 fully saturated rings. The summed E-state index contributed by atoms with van der Waals surface area (Å²) in [7, 11) is 0. The number of halogens is 1. The quantitative estimate of drug-likeness (QED) is 0.234. The number of urea groups is 1. The fourth-order valence-electron chi connectivity index (χ4n) is 4.80. The molecular formula is C30H29FN6O5S. The Labute approximate surface area is 250 Å². The molecule has 0 atom stereocenters. The summed E-state index contributed by atoms with van der Waals surface area (Å²) in [5, 5.41) is 14.3. The van der Waals surface area contributed by atoms with Gasteiger partial charge in [0.05, 0.1) is 20.8 Å². The maximum absolute atomic E-state index is 14.9. The van der Waals surface area contributed by atoms with E-state index in [9.17, 15) is 18.8 Å². The van der Waals surface area contributed by atoms with Gasteiger partial charge in [-0.15, -0.1) is 11.3 Å². The van der Waals surface area contributed by atoms with E-state index >= 15 is 0 Å². The number of thiophene rings is 1. The maximum Gasteiger partial charge on any atom is 0.319 e. The van der Waals surface area contributed by atoms with E-state index in [4.69, 9.17) is 9.84 Å². The highest BCUT2D eigenvalue weighted by molar-refractivity contribution is 7.22. The number of anilines is 1. The van der Waals surface area contributed by atoms with Crippen molar-refractivity contribution < 1.29 is 28.6 Å². The van der Waals surface area contributed by atoms with Crippen molar-refractivity contribution >= 4 is 45.1 Å². The molecule has 1 saturated carbocycles. The van der Waals surface area contributed by atoms with Gasteiger partial charge in [0.2, 0.25) is 5.91 Å². The van der Waals surface area contributed by atoms with Crippen LogP contribution in [0.4, 0.5) is 14.9 Å². The molecule has 2 aliphatic rings. The molecule has 4 heterocycles. The molecule has 0 unspecified atom stereocenters. The first-order chi connectivity index (χ1) is 20.8. The summed E-state index contributed by atoms with van der Waals surface area (Å²) in [6.07, 6.45) is 4.88. The minimum absolute atomic E-state index is 0.0326. The summed E-state index contributed by atoms with van der Waals surface area (Å²) >= 11 is 1.45. The molecular weight excluding hydrogens is 575 g/mol. The predicted molar refractivity (Wildman–Crippen MR) is 159 cm³/mol. The van der Waals surface area contributed by atoms with Gasteiger partial charge in [-0.25, -0.2) is 9.18 Å². The van der Waals surface area contributed by atoms with Crippen LogP contribution < -0.4 is 15.4 Å². The van der Waals surface area contributed by atoms with Crippen LogP contribution in [0.3, 0.4) is 0 Å². The molecule has 222 valence electrons. The number of aromatic nitrogens is 2. The van der Waals surface area contributed by atoms with E-state index in [1.54, 1.807) is 23.2 Å². The highest BCUT2D eigenvalue weighted by atomic mass is 32.1. The van der Waals surface area contributed by atoms with Crippen molar-refractivity contribution in [1.29, 1.82) is 0 Å². The normalized spacial score (nSPS) is 15.3. The number of amides is 3. The first-order valence-electron chi connectivity index (χ1n) is 13.9. The van der Waals surface area contributed by atoms with Crippen molar-refractivity contribution in [3.8, 4) is 22.1 Å². The zero-order valence-corrected chi connectivity index (χ0v) is 23.9. The summed E-state index contributed by atoms with van der Waals surface area (Å²) in [6, 6.07) is 11.7. The zero-order chi connectivity index (χ0) is 29.9. The Kier molecular flexibility index (Phi) is 8.16. The molecule has 1 aliphatic carbocycles. The van der Waals surface area contributed by atoms with Crippen molar-refractivity contribution in [1.82, 2.24) is 25.1 Å². The second-order valence-corrected chi connectivity index (χ2v) is 11.6. The summed E-state index contributed by atoms with van der Waals surface area (Å²) < 4.78 is 21.6. The van der Waals surface area contributed by atoms with Crippen LogP contribution in [0, 0.1) is 5.82 Å². The monoisotopic (exact) mass is 604 g/mol. The van der Waals surface area contributed by atoms with Crippen LogP contribution in [0.2, 0.25) is 0 Å². The number of nitrogens with zero attached hydrogens (tertiary/aromatic N) is 4. The van der Waals surface area contributed by atoms with E-state index in [0.29, 0.717) is 49.7 Å². The summed E-state index contributed by atoms with van der Waals surface area (Å²) in [6.45, 7) is 2.99. The van der Waals surface area contributed by atoms with E-state index in [2.05, 4.69) is 25.5 Å². The number of benzene rings is 1. The number of piperazine rings is 1. The topological polar surface area (TPSA) is 137 Å². The van der Waals surface area contributed by atoms with Gasteiger partial charge in [-0.05, 0) is 42.7 Å². The SMILES string of the molecule is O=C(O)CC(=O)N1CCN(Cc2ccc(-c3cc4nccc(Oc5ccc(NC(=O)NC6CC6)cc5F)c4s3)nc2)CC1. The van der Waals surface area contributed by atoms with Gasteiger partial charge in [0.15, 0.2) is 11.6 Å². The number of pyridine rings is 2. The third kappa shape index (κ3) is 7.07. The molecule has 0 radical (unpaired) electrons. The molecule has 0 spiro atoms. The average molecular weight is 605 g/mol. The van der Waals surface area contributed by atoms with Crippen LogP contribution >= 0.6 is 11.3 Å². The fraction of sp³-hybridized carbons (Fsp3) is 0.300. The van der Waals surface area contributed by atoms with Crippen LogP contribution in [0.1, 0.15) is 24.8 Å². The smallest absolute Gasteiger partial charge is 0.319 e. The largest absolute Gasteiger partial charge is 0.481 e. The molecule has 43 heavy (non-hydrogen) atoms. The van der Waals surface area contributed by atoms with Crippen molar-refractivity contribution in [2.24, 2.45) is 0 Å². The lowest BCUT2D eigenvalue weighted by Crippen LogP contribution is -2.48. The fourth-order valence-corrected chi connectivity index (χ4v) is 5.84. The van der Waals surface area contributed by atoms with Gasteiger partial charge >= 0.3 is 12.0 Å². The molecule has 6 rings (SSSR count). The minimum Gasteiger partial charge on any atom is -0.481 e. The molecule has 13 heteroatoms. The number of carbonyl (C=O) groups is 3. The number of fused-ring (bicyclic) bond motifs is 1. The van der Waals surface area contributed by atoms with Gasteiger partial charge in [-0.1, -0.05) is 6.07 Å². The zero-order valence-electron chi connectivity index (χ0n) is 23.1. The molecule has 3 amide bonds. The van der Waals surface area contributed by atoms with Crippen LogP contribution in [0.5, 0.6) is 11.5 Å². The highest BCUT2D eigenvalue weighted by Gasteiger charge is 2.24. The Balaban J connectivity index is 1.09. The number of rotatable bonds is 9. The van der Waals surface area contributed by atoms with Gasteiger partial charge in [-0.3, -0.25) is 24.5 Å². The minimum atomic E-state index is -1.11. The first kappa shape index (κ1) is 28.5. The predicted octanol–water partition coefficient (Wildman–Crippen LogP) is 4.69. The molecule has 1 aliphatic heterocycles. The van der Waals surface area contributed by atoms with Gasteiger partial charge in [0, 0.05) is 69.0 Å². The summed E-state index contributed by atoms with van der Waals surface area (Å²) in [5.41, 5.74) is 2.83. The van der Waals surface area contributed by atoms with Crippen LogP contribution in [-0.2, 0) is 16.1 Å². The van der Waals surface area contributed by atoms with E-state index < -0.39 is 18.2 Å². The molecule has 3 N–H and O–H groups in total. The van der Waals surface area contributed by atoms with Gasteiger partial charge < -0.3 is 25.4 Å². The lowest BCUT2D eigenvalue weighted by atomic mass is 10.2. The highest BCUT2D eigenvalue weighted by Crippen LogP contribution is 2.39. The Morgan fingerprint density at radius 2 is 1.84 bits per heavy atom. The first-order valence-corrected chi connectivity index (χ1v) is 14.7. The third-order valence-corrected chi connectivity index (χ3v) is 8.37. The lowest BCUT2D eigenvalue weighted by molar-refractivity contribution is -0.145. The summed E-state index contributed by atoms with van der Waals surface area (Å²) in [4.78, 5) is 48.5. The third-order valence-electron chi connectivity index (χ3n) is 7.21. The van der Waals surface area contributed by atoms with E-state index in [1.165, 1.54) is 23.5 Å². The van der Waals surface area contributed by atoms with Crippen molar-refractivity contribution in [2.45, 2.75) is 31.8 Å². The lowest BCUT2D eigenvalue weighted by Gasteiger charge is -2.34. The van der Waals surface area contributed by atoms with Gasteiger partial charge in [0.1, 0.15) is 12.2 Å². The van der Waals surface area contributed by atoms with Gasteiger partial charge in [0.25, 0.3) is 0 Å². The van der Waals surface area contributed by atoms with E-state index in [1.807, 2.05) is 24.4 Å². The Bertz CT molecular complexity index is 1670. The second-order valence-electron chi connectivity index (χ2n) is 10.5. The average Bonchev–Trinajstić information content (AvgIpc) is 3.68. The number of carboxylic acids is 1. The maximum atomic E-state index is 14.9. The van der Waals surface area contributed by atoms with Crippen molar-refractivity contribution in [3.63, 3.8) is 0 Å². The molecule has 3 aromatic heterocycles. The van der Waals surface area contributed by atoms with Crippen molar-refractivity contribution in [3.05, 3.63) is 66.2 Å². The number of ether oxygens (including phenoxy) is 1. The number of hydrogen-bond acceptors (Lipinski definition) is 8. The molecule has 4 aromatic rings. The molecule has 11 nitrogen and oxygen atoms in total.